The minimum atomic E-state index is -1.73. The number of carboxylic acids is 1. The van der Waals surface area contributed by atoms with Gasteiger partial charge in [-0.25, -0.2) is 0 Å². The van der Waals surface area contributed by atoms with Gasteiger partial charge in [0.25, 0.3) is 0 Å². The summed E-state index contributed by atoms with van der Waals surface area (Å²) in [5.41, 5.74) is 0. The summed E-state index contributed by atoms with van der Waals surface area (Å²) in [5.74, 6) is -1.67. The molecule has 5 atom stereocenters. The number of aliphatic hydroxyl groups excluding tert-OH is 3. The molecule has 1 aliphatic rings. The number of carbonyl (C=O) groups excluding carboxylic acids is 1. The summed E-state index contributed by atoms with van der Waals surface area (Å²) in [6, 6.07) is 0. The number of hydrogen-bond donors (Lipinski definition) is 3. The number of hydrogen-bond acceptors (Lipinski definition) is 7. The first-order chi connectivity index (χ1) is 6.99. The van der Waals surface area contributed by atoms with Gasteiger partial charge in [0.05, 0.1) is 5.97 Å². The van der Waals surface area contributed by atoms with Crippen molar-refractivity contribution in [1.29, 1.82) is 0 Å². The smallest absolute Gasteiger partial charge is 0.547 e. The van der Waals surface area contributed by atoms with Gasteiger partial charge < -0.3 is 34.7 Å². The van der Waals surface area contributed by atoms with Crippen molar-refractivity contribution in [3.63, 3.8) is 0 Å². The minimum absolute atomic E-state index is 0. The van der Waals surface area contributed by atoms with Crippen LogP contribution in [0.15, 0.2) is 0 Å². The van der Waals surface area contributed by atoms with Gasteiger partial charge in [0.15, 0.2) is 6.29 Å². The second-order valence-corrected chi connectivity index (χ2v) is 3.17. The van der Waals surface area contributed by atoms with Crippen molar-refractivity contribution in [2.75, 3.05) is 6.61 Å². The van der Waals surface area contributed by atoms with Gasteiger partial charge in [-0.2, -0.15) is 0 Å². The Labute approximate surface area is 104 Å². The molecule has 0 radical (unpaired) electrons. The Kier molecular flexibility index (Phi) is 6.51. The number of carbonyl (C=O) groups is 1. The summed E-state index contributed by atoms with van der Waals surface area (Å²) in [7, 11) is 0. The van der Waals surface area contributed by atoms with E-state index in [1.165, 1.54) is 0 Å². The third-order valence-electron chi connectivity index (χ3n) is 2.13. The van der Waals surface area contributed by atoms with Crippen molar-refractivity contribution in [3.8, 4) is 0 Å². The second kappa shape index (κ2) is 6.57. The maximum atomic E-state index is 10.5. The molecule has 88 valence electrons. The van der Waals surface area contributed by atoms with E-state index in [1.807, 2.05) is 0 Å². The molecule has 1 fully saturated rings. The van der Waals surface area contributed by atoms with Crippen molar-refractivity contribution in [3.05, 3.63) is 0 Å². The van der Waals surface area contributed by atoms with Crippen molar-refractivity contribution < 1.29 is 53.6 Å². The van der Waals surface area contributed by atoms with Crippen molar-refractivity contribution >= 4 is 5.97 Å². The molecule has 0 aromatic rings. The zero-order valence-corrected chi connectivity index (χ0v) is 9.07. The van der Waals surface area contributed by atoms with E-state index in [1.54, 1.807) is 6.92 Å². The molecule has 16 heavy (non-hydrogen) atoms. The van der Waals surface area contributed by atoms with E-state index in [0.29, 0.717) is 0 Å². The van der Waals surface area contributed by atoms with E-state index < -0.39 is 36.7 Å². The van der Waals surface area contributed by atoms with Gasteiger partial charge in [-0.1, -0.05) is 0 Å². The van der Waals surface area contributed by atoms with E-state index in [9.17, 15) is 25.2 Å². The number of carboxylic acid groups (broad SMARTS) is 1. The normalized spacial score (nSPS) is 38.9. The van der Waals surface area contributed by atoms with Gasteiger partial charge in [-0.05, 0) is 6.92 Å². The molecule has 0 spiro atoms. The van der Waals surface area contributed by atoms with Crippen LogP contribution in [0.5, 0.6) is 0 Å². The molecule has 0 saturated carbocycles. The van der Waals surface area contributed by atoms with Gasteiger partial charge in [0.1, 0.15) is 24.4 Å². The molecule has 1 heterocycles. The van der Waals surface area contributed by atoms with Crippen LogP contribution >= 0.6 is 0 Å². The first-order valence-corrected chi connectivity index (χ1v) is 4.51. The predicted octanol–water partition coefficient (Wildman–Crippen LogP) is -6.42. The van der Waals surface area contributed by atoms with E-state index in [4.69, 9.17) is 9.47 Å². The molecule has 0 aromatic heterocycles. The van der Waals surface area contributed by atoms with Crippen LogP contribution in [-0.4, -0.2) is 58.6 Å². The maximum absolute atomic E-state index is 10.5. The minimum Gasteiger partial charge on any atom is -0.547 e. The van der Waals surface area contributed by atoms with Gasteiger partial charge in [-0.15, -0.1) is 0 Å². The maximum Gasteiger partial charge on any atom is 1.00 e. The zero-order chi connectivity index (χ0) is 11.6. The Morgan fingerprint density at radius 3 is 2.31 bits per heavy atom. The predicted molar refractivity (Wildman–Crippen MR) is 43.3 cm³/mol. The molecule has 0 unspecified atom stereocenters. The van der Waals surface area contributed by atoms with Gasteiger partial charge in [0, 0.05) is 6.61 Å². The fourth-order valence-corrected chi connectivity index (χ4v) is 1.34. The Morgan fingerprint density at radius 2 is 1.88 bits per heavy atom. The zero-order valence-electron chi connectivity index (χ0n) is 9.07. The van der Waals surface area contributed by atoms with E-state index in [2.05, 4.69) is 0 Å². The monoisotopic (exact) mass is 228 g/mol. The molecule has 1 saturated heterocycles. The van der Waals surface area contributed by atoms with Crippen LogP contribution in [0.2, 0.25) is 0 Å². The molecular formula is C8H13LiO7. The quantitative estimate of drug-likeness (QED) is 0.411. The second-order valence-electron chi connectivity index (χ2n) is 3.17. The van der Waals surface area contributed by atoms with Gasteiger partial charge in [-0.3, -0.25) is 0 Å². The summed E-state index contributed by atoms with van der Waals surface area (Å²) >= 11 is 0. The molecule has 0 aromatic carbocycles. The van der Waals surface area contributed by atoms with Crippen LogP contribution in [0, 0.1) is 0 Å². The number of rotatable bonds is 3. The fourth-order valence-electron chi connectivity index (χ4n) is 1.34. The third-order valence-corrected chi connectivity index (χ3v) is 2.13. The summed E-state index contributed by atoms with van der Waals surface area (Å²) in [5, 5.41) is 38.5. The molecule has 1 rings (SSSR count). The summed E-state index contributed by atoms with van der Waals surface area (Å²) in [4.78, 5) is 10.5. The topological polar surface area (TPSA) is 119 Å². The largest absolute Gasteiger partial charge is 1.00 e. The van der Waals surface area contributed by atoms with Crippen LogP contribution in [0.4, 0.5) is 0 Å². The van der Waals surface area contributed by atoms with E-state index >= 15 is 0 Å². The van der Waals surface area contributed by atoms with Crippen LogP contribution in [0.25, 0.3) is 0 Å². The first-order valence-electron chi connectivity index (χ1n) is 4.51. The average molecular weight is 228 g/mol. The third kappa shape index (κ3) is 3.18. The van der Waals surface area contributed by atoms with Crippen molar-refractivity contribution in [1.82, 2.24) is 0 Å². The molecule has 0 amide bonds. The van der Waals surface area contributed by atoms with Crippen molar-refractivity contribution in [2.45, 2.75) is 37.6 Å². The molecule has 3 N–H and O–H groups in total. The first kappa shape index (κ1) is 15.9. The average Bonchev–Trinajstić information content (AvgIpc) is 2.18. The van der Waals surface area contributed by atoms with Crippen molar-refractivity contribution in [2.24, 2.45) is 0 Å². The summed E-state index contributed by atoms with van der Waals surface area (Å²) in [6.45, 7) is 1.78. The van der Waals surface area contributed by atoms with Crippen LogP contribution in [0.3, 0.4) is 0 Å². The van der Waals surface area contributed by atoms with Gasteiger partial charge >= 0.3 is 18.9 Å². The molecule has 7 nitrogen and oxygen atoms in total. The van der Waals surface area contributed by atoms with E-state index in [-0.39, 0.29) is 25.5 Å². The molecular weight excluding hydrogens is 215 g/mol. The fraction of sp³-hybridized carbons (Fsp3) is 0.875. The van der Waals surface area contributed by atoms with Gasteiger partial charge in [0.2, 0.25) is 0 Å². The van der Waals surface area contributed by atoms with Crippen LogP contribution in [-0.2, 0) is 14.3 Å². The number of aliphatic hydroxyl groups is 3. The Bertz CT molecular complexity index is 236. The van der Waals surface area contributed by atoms with Crippen LogP contribution < -0.4 is 24.0 Å². The summed E-state index contributed by atoms with van der Waals surface area (Å²) in [6.07, 6.45) is -7.85. The van der Waals surface area contributed by atoms with Crippen LogP contribution in [0.1, 0.15) is 6.92 Å². The Hall–Kier alpha value is -0.133. The summed E-state index contributed by atoms with van der Waals surface area (Å²) < 4.78 is 9.60. The SMILES string of the molecule is CCO[C@@H]1O[C@H](C(=O)[O-])[C@@H](O)[C@H](O)[C@H]1O.[Li+]. The molecule has 0 bridgehead atoms. The molecule has 0 aliphatic carbocycles. The van der Waals surface area contributed by atoms with E-state index in [0.717, 1.165) is 0 Å². The molecule has 1 aliphatic heterocycles. The number of ether oxygens (including phenoxy) is 2. The Balaban J connectivity index is 0.00000225. The number of aliphatic carboxylic acids is 1. The standard InChI is InChI=1S/C8H14O7.Li/c1-2-14-8-5(11)3(9)4(10)6(15-8)7(12)13;/h3-6,8-11H,2H2,1H3,(H,12,13);/q;+1/p-1/t3-,4-,5+,6-,8+;/m0./s1. The molecule has 8 heteroatoms. The Morgan fingerprint density at radius 1 is 1.31 bits per heavy atom.